The van der Waals surface area contributed by atoms with Crippen LogP contribution in [0.3, 0.4) is 0 Å². The van der Waals surface area contributed by atoms with Gasteiger partial charge in [0.15, 0.2) is 0 Å². The average Bonchev–Trinajstić information content (AvgIpc) is 2.44. The maximum Gasteiger partial charge on any atom is 0.270 e. The van der Waals surface area contributed by atoms with E-state index in [1.807, 2.05) is 14.0 Å². The highest BCUT2D eigenvalue weighted by Crippen LogP contribution is 2.27. The molecule has 0 bridgehead atoms. The molecule has 19 heavy (non-hydrogen) atoms. The summed E-state index contributed by atoms with van der Waals surface area (Å²) < 4.78 is 0. The number of nitrogens with zero attached hydrogens (tertiary/aromatic N) is 3. The zero-order chi connectivity index (χ0) is 14.0. The molecule has 2 atom stereocenters. The van der Waals surface area contributed by atoms with Crippen molar-refractivity contribution in [3.8, 4) is 0 Å². The molecular formula is C13H16N4O2. The third-order valence-electron chi connectivity index (χ3n) is 3.50. The summed E-state index contributed by atoms with van der Waals surface area (Å²) in [6.07, 6.45) is 1.50. The monoisotopic (exact) mass is 260 g/mol. The van der Waals surface area contributed by atoms with Gasteiger partial charge in [-0.25, -0.2) is 9.97 Å². The highest BCUT2D eigenvalue weighted by Gasteiger charge is 2.18. The van der Waals surface area contributed by atoms with Crippen LogP contribution in [0.5, 0.6) is 0 Å². The molecular weight excluding hydrogens is 244 g/mol. The van der Waals surface area contributed by atoms with E-state index in [1.54, 1.807) is 12.1 Å². The molecule has 1 N–H and O–H groups in total. The van der Waals surface area contributed by atoms with Crippen molar-refractivity contribution in [1.29, 1.82) is 0 Å². The van der Waals surface area contributed by atoms with Crippen LogP contribution in [0.15, 0.2) is 24.5 Å². The van der Waals surface area contributed by atoms with Crippen LogP contribution in [0.4, 0.5) is 5.69 Å². The topological polar surface area (TPSA) is 81.0 Å². The summed E-state index contributed by atoms with van der Waals surface area (Å²) in [7, 11) is 1.88. The maximum atomic E-state index is 10.9. The Morgan fingerprint density at radius 2 is 2.05 bits per heavy atom. The van der Waals surface area contributed by atoms with Crippen LogP contribution in [0.1, 0.15) is 25.5 Å². The number of nitrogens with one attached hydrogen (secondary N) is 1. The first-order valence-corrected chi connectivity index (χ1v) is 6.11. The van der Waals surface area contributed by atoms with Gasteiger partial charge in [0, 0.05) is 29.5 Å². The fourth-order valence-electron chi connectivity index (χ4n) is 2.03. The second kappa shape index (κ2) is 5.27. The molecule has 0 aliphatic heterocycles. The van der Waals surface area contributed by atoms with E-state index in [4.69, 9.17) is 0 Å². The molecule has 100 valence electrons. The number of rotatable bonds is 4. The van der Waals surface area contributed by atoms with Crippen LogP contribution in [-0.4, -0.2) is 28.0 Å². The number of nitro groups is 1. The van der Waals surface area contributed by atoms with Gasteiger partial charge in [-0.2, -0.15) is 0 Å². The summed E-state index contributed by atoms with van der Waals surface area (Å²) in [5, 5.41) is 14.8. The Hall–Kier alpha value is -2.08. The van der Waals surface area contributed by atoms with Crippen molar-refractivity contribution in [3.05, 3.63) is 40.3 Å². The second-order valence-corrected chi connectivity index (χ2v) is 4.58. The van der Waals surface area contributed by atoms with Crippen LogP contribution in [0, 0.1) is 10.1 Å². The third-order valence-corrected chi connectivity index (χ3v) is 3.50. The van der Waals surface area contributed by atoms with Crippen molar-refractivity contribution < 1.29 is 4.92 Å². The van der Waals surface area contributed by atoms with E-state index >= 15 is 0 Å². The van der Waals surface area contributed by atoms with Gasteiger partial charge in [0.05, 0.1) is 16.1 Å². The molecule has 6 nitrogen and oxygen atoms in total. The zero-order valence-electron chi connectivity index (χ0n) is 11.1. The Bertz CT molecular complexity index is 615. The first kappa shape index (κ1) is 13.4. The van der Waals surface area contributed by atoms with Crippen LogP contribution < -0.4 is 5.32 Å². The Balaban J connectivity index is 2.60. The van der Waals surface area contributed by atoms with E-state index in [2.05, 4.69) is 22.2 Å². The van der Waals surface area contributed by atoms with Crippen molar-refractivity contribution in [2.45, 2.75) is 25.8 Å². The third kappa shape index (κ3) is 2.53. The molecule has 0 radical (unpaired) electrons. The number of benzene rings is 1. The lowest BCUT2D eigenvalue weighted by molar-refractivity contribution is -0.384. The predicted molar refractivity (Wildman–Crippen MR) is 73.1 cm³/mol. The minimum absolute atomic E-state index is 0.0628. The lowest BCUT2D eigenvalue weighted by Gasteiger charge is -2.19. The number of non-ortho nitro benzene ring substituents is 1. The van der Waals surface area contributed by atoms with Gasteiger partial charge >= 0.3 is 0 Å². The Morgan fingerprint density at radius 3 is 2.68 bits per heavy atom. The molecule has 1 heterocycles. The van der Waals surface area contributed by atoms with E-state index in [-0.39, 0.29) is 17.6 Å². The molecule has 2 unspecified atom stereocenters. The van der Waals surface area contributed by atoms with Crippen molar-refractivity contribution in [2.75, 3.05) is 7.05 Å². The summed E-state index contributed by atoms with van der Waals surface area (Å²) in [4.78, 5) is 18.9. The summed E-state index contributed by atoms with van der Waals surface area (Å²) >= 11 is 0. The van der Waals surface area contributed by atoms with Crippen LogP contribution in [-0.2, 0) is 0 Å². The molecule has 2 rings (SSSR count). The molecule has 2 aromatic rings. The molecule has 0 saturated carbocycles. The highest BCUT2D eigenvalue weighted by molar-refractivity contribution is 5.83. The molecule has 0 saturated heterocycles. The van der Waals surface area contributed by atoms with E-state index < -0.39 is 4.92 Å². The standard InChI is InChI=1S/C13H16N4O2/c1-8(9(2)14-3)13-11-6-10(17(18)19)4-5-12(11)15-7-16-13/h4-9,14H,1-3H3. The number of nitro benzene ring substituents is 1. The largest absolute Gasteiger partial charge is 0.317 e. The molecule has 6 heteroatoms. The van der Waals surface area contributed by atoms with Crippen LogP contribution in [0.2, 0.25) is 0 Å². The number of aromatic nitrogens is 2. The first-order chi connectivity index (χ1) is 9.04. The van der Waals surface area contributed by atoms with Crippen LogP contribution >= 0.6 is 0 Å². The van der Waals surface area contributed by atoms with E-state index in [1.165, 1.54) is 12.4 Å². The highest BCUT2D eigenvalue weighted by atomic mass is 16.6. The fraction of sp³-hybridized carbons (Fsp3) is 0.385. The van der Waals surface area contributed by atoms with Crippen molar-refractivity contribution in [3.63, 3.8) is 0 Å². The summed E-state index contributed by atoms with van der Waals surface area (Å²) in [6, 6.07) is 4.89. The van der Waals surface area contributed by atoms with Crippen molar-refractivity contribution in [1.82, 2.24) is 15.3 Å². The van der Waals surface area contributed by atoms with Gasteiger partial charge < -0.3 is 5.32 Å². The van der Waals surface area contributed by atoms with E-state index in [0.717, 1.165) is 16.6 Å². The Morgan fingerprint density at radius 1 is 1.32 bits per heavy atom. The van der Waals surface area contributed by atoms with Gasteiger partial charge in [-0.05, 0) is 20.0 Å². The average molecular weight is 260 g/mol. The number of likely N-dealkylation sites (N-methyl/N-ethyl adjacent to an activating group) is 1. The van der Waals surface area contributed by atoms with Gasteiger partial charge in [-0.3, -0.25) is 10.1 Å². The molecule has 0 amide bonds. The molecule has 0 aliphatic rings. The molecule has 0 aliphatic carbocycles. The van der Waals surface area contributed by atoms with Gasteiger partial charge in [-0.1, -0.05) is 6.92 Å². The minimum Gasteiger partial charge on any atom is -0.317 e. The summed E-state index contributed by atoms with van der Waals surface area (Å²) in [6.45, 7) is 4.09. The Labute approximate surface area is 111 Å². The smallest absolute Gasteiger partial charge is 0.270 e. The molecule has 0 spiro atoms. The summed E-state index contributed by atoms with van der Waals surface area (Å²) in [5.74, 6) is 0.137. The zero-order valence-corrected chi connectivity index (χ0v) is 11.1. The van der Waals surface area contributed by atoms with Gasteiger partial charge in [0.2, 0.25) is 0 Å². The fourth-order valence-corrected chi connectivity index (χ4v) is 2.03. The van der Waals surface area contributed by atoms with Gasteiger partial charge in [0.1, 0.15) is 6.33 Å². The lowest BCUT2D eigenvalue weighted by Crippen LogP contribution is -2.27. The van der Waals surface area contributed by atoms with Gasteiger partial charge in [0.25, 0.3) is 5.69 Å². The maximum absolute atomic E-state index is 10.9. The number of hydrogen-bond acceptors (Lipinski definition) is 5. The normalized spacial score (nSPS) is 14.3. The first-order valence-electron chi connectivity index (χ1n) is 6.11. The van der Waals surface area contributed by atoms with E-state index in [9.17, 15) is 10.1 Å². The number of fused-ring (bicyclic) bond motifs is 1. The minimum atomic E-state index is -0.400. The van der Waals surface area contributed by atoms with Crippen molar-refractivity contribution >= 4 is 16.6 Å². The van der Waals surface area contributed by atoms with Crippen molar-refractivity contribution in [2.24, 2.45) is 0 Å². The SMILES string of the molecule is CNC(C)C(C)c1ncnc2ccc([N+](=O)[O-])cc12. The van der Waals surface area contributed by atoms with Crippen LogP contribution in [0.25, 0.3) is 10.9 Å². The molecule has 1 aromatic heterocycles. The predicted octanol–water partition coefficient (Wildman–Crippen LogP) is 2.25. The Kier molecular flexibility index (Phi) is 3.71. The molecule has 1 aromatic carbocycles. The second-order valence-electron chi connectivity index (χ2n) is 4.58. The van der Waals surface area contributed by atoms with Gasteiger partial charge in [-0.15, -0.1) is 0 Å². The lowest BCUT2D eigenvalue weighted by atomic mass is 9.96. The summed E-state index contributed by atoms with van der Waals surface area (Å²) in [5.41, 5.74) is 1.62. The number of hydrogen-bond donors (Lipinski definition) is 1. The van der Waals surface area contributed by atoms with E-state index in [0.29, 0.717) is 0 Å². The molecule has 0 fully saturated rings. The quantitative estimate of drug-likeness (QED) is 0.673.